The molecule has 11 heteroatoms. The van der Waals surface area contributed by atoms with Crippen LogP contribution >= 0.6 is 0 Å². The Labute approximate surface area is 209 Å². The van der Waals surface area contributed by atoms with Crippen LogP contribution in [0.15, 0.2) is 59.0 Å². The number of benzene rings is 2. The van der Waals surface area contributed by atoms with E-state index in [1.165, 1.54) is 52.7 Å². The Morgan fingerprint density at radius 3 is 2.31 bits per heavy atom. The Balaban J connectivity index is 1.71. The lowest BCUT2D eigenvalue weighted by molar-refractivity contribution is -0.140. The summed E-state index contributed by atoms with van der Waals surface area (Å²) in [4.78, 5) is 27.4. The molecule has 1 unspecified atom stereocenters. The van der Waals surface area contributed by atoms with Crippen LogP contribution in [0.3, 0.4) is 0 Å². The molecule has 0 spiro atoms. The summed E-state index contributed by atoms with van der Waals surface area (Å²) in [5.74, 6) is -1.98. The van der Waals surface area contributed by atoms with Gasteiger partial charge in [-0.05, 0) is 48.4 Å². The van der Waals surface area contributed by atoms with Gasteiger partial charge in [0, 0.05) is 38.9 Å². The Bertz CT molecular complexity index is 1250. The third-order valence-corrected chi connectivity index (χ3v) is 8.14. The Morgan fingerprint density at radius 1 is 1.06 bits per heavy atom. The molecular formula is C25H28N2O8S. The second-order valence-corrected chi connectivity index (χ2v) is 10.4. The number of aromatic hydroxyl groups is 1. The van der Waals surface area contributed by atoms with Crippen LogP contribution in [0.4, 0.5) is 0 Å². The number of sulfonamides is 1. The number of carbonyl (C=O) groups is 2. The zero-order valence-electron chi connectivity index (χ0n) is 19.8. The molecule has 36 heavy (non-hydrogen) atoms. The van der Waals surface area contributed by atoms with E-state index in [1.54, 1.807) is 12.1 Å². The molecule has 2 saturated heterocycles. The lowest BCUT2D eigenvalue weighted by Gasteiger charge is -2.26. The van der Waals surface area contributed by atoms with Gasteiger partial charge < -0.3 is 24.6 Å². The fourth-order valence-electron chi connectivity index (χ4n) is 4.37. The SMILES string of the molecule is COCCCN1C(=O)C(=O)C(=C(O)c2ccc(S(=O)(=O)N3CCOCC3)cc2)C1c1ccc(O)cc1. The quantitative estimate of drug-likeness (QED) is 0.235. The maximum Gasteiger partial charge on any atom is 0.295 e. The molecule has 0 aromatic heterocycles. The molecule has 0 aliphatic carbocycles. The number of aliphatic hydroxyl groups is 1. The van der Waals surface area contributed by atoms with Gasteiger partial charge in [-0.15, -0.1) is 0 Å². The maximum absolute atomic E-state index is 13.0. The number of methoxy groups -OCH3 is 1. The summed E-state index contributed by atoms with van der Waals surface area (Å²) < 4.78 is 37.4. The summed E-state index contributed by atoms with van der Waals surface area (Å²) >= 11 is 0. The molecule has 2 aromatic rings. The van der Waals surface area contributed by atoms with Gasteiger partial charge in [0.1, 0.15) is 11.5 Å². The predicted octanol–water partition coefficient (Wildman–Crippen LogP) is 1.87. The highest BCUT2D eigenvalue weighted by molar-refractivity contribution is 7.89. The molecule has 2 heterocycles. The summed E-state index contributed by atoms with van der Waals surface area (Å²) in [6.45, 7) is 1.74. The summed E-state index contributed by atoms with van der Waals surface area (Å²) in [6, 6.07) is 10.7. The van der Waals surface area contributed by atoms with Gasteiger partial charge in [0.25, 0.3) is 11.7 Å². The summed E-state index contributed by atoms with van der Waals surface area (Å²) in [7, 11) is -2.20. The van der Waals surface area contributed by atoms with Gasteiger partial charge in [-0.25, -0.2) is 8.42 Å². The minimum absolute atomic E-state index is 0.0205. The van der Waals surface area contributed by atoms with Crippen molar-refractivity contribution in [3.05, 3.63) is 65.2 Å². The number of ketones is 1. The third kappa shape index (κ3) is 5.00. The molecule has 1 atom stereocenters. The molecule has 10 nitrogen and oxygen atoms in total. The Morgan fingerprint density at radius 2 is 1.69 bits per heavy atom. The highest BCUT2D eigenvalue weighted by atomic mass is 32.2. The smallest absolute Gasteiger partial charge is 0.295 e. The van der Waals surface area contributed by atoms with Crippen molar-refractivity contribution in [2.45, 2.75) is 17.4 Å². The molecule has 0 saturated carbocycles. The van der Waals surface area contributed by atoms with Crippen molar-refractivity contribution < 1.29 is 37.7 Å². The second-order valence-electron chi connectivity index (χ2n) is 8.47. The number of hydrogen-bond donors (Lipinski definition) is 2. The molecular weight excluding hydrogens is 488 g/mol. The van der Waals surface area contributed by atoms with E-state index in [0.29, 0.717) is 31.8 Å². The van der Waals surface area contributed by atoms with E-state index in [4.69, 9.17) is 9.47 Å². The first-order valence-electron chi connectivity index (χ1n) is 11.5. The van der Waals surface area contributed by atoms with Crippen LogP contribution in [0.1, 0.15) is 23.6 Å². The lowest BCUT2D eigenvalue weighted by Crippen LogP contribution is -2.40. The van der Waals surface area contributed by atoms with E-state index < -0.39 is 33.5 Å². The lowest BCUT2D eigenvalue weighted by atomic mass is 9.95. The van der Waals surface area contributed by atoms with Crippen LogP contribution in [0, 0.1) is 0 Å². The standard InChI is InChI=1S/C25H28N2O8S/c1-34-14-2-11-27-22(17-3-7-19(28)8-4-17)21(24(30)25(27)31)23(29)18-5-9-20(10-6-18)36(32,33)26-12-15-35-16-13-26/h3-10,22,28-29H,2,11-16H2,1H3. The van der Waals surface area contributed by atoms with Gasteiger partial charge in [0.05, 0.1) is 29.7 Å². The van der Waals surface area contributed by atoms with Crippen LogP contribution in [-0.2, 0) is 29.1 Å². The number of rotatable bonds is 8. The number of likely N-dealkylation sites (tertiary alicyclic amines) is 1. The molecule has 2 N–H and O–H groups in total. The second kappa shape index (κ2) is 10.8. The number of nitrogens with zero attached hydrogens (tertiary/aromatic N) is 2. The first kappa shape index (κ1) is 25.8. The molecule has 4 rings (SSSR count). The van der Waals surface area contributed by atoms with Crippen molar-refractivity contribution >= 4 is 27.5 Å². The minimum atomic E-state index is -3.73. The van der Waals surface area contributed by atoms with E-state index in [0.717, 1.165) is 0 Å². The number of carbonyl (C=O) groups excluding carboxylic acids is 2. The van der Waals surface area contributed by atoms with Crippen molar-refractivity contribution in [1.82, 2.24) is 9.21 Å². The Hall–Kier alpha value is -3.25. The van der Waals surface area contributed by atoms with Crippen molar-refractivity contribution in [1.29, 1.82) is 0 Å². The molecule has 0 bridgehead atoms. The number of phenolic OH excluding ortho intramolecular Hbond substituents is 1. The number of morpholine rings is 1. The zero-order chi connectivity index (χ0) is 25.9. The molecule has 2 aliphatic heterocycles. The molecule has 2 aliphatic rings. The van der Waals surface area contributed by atoms with Gasteiger partial charge in [-0.2, -0.15) is 4.31 Å². The maximum atomic E-state index is 13.0. The largest absolute Gasteiger partial charge is 0.508 e. The van der Waals surface area contributed by atoms with Crippen molar-refractivity contribution in [3.63, 3.8) is 0 Å². The third-order valence-electron chi connectivity index (χ3n) is 6.23. The molecule has 2 aromatic carbocycles. The van der Waals surface area contributed by atoms with Crippen LogP contribution in [0.25, 0.3) is 5.76 Å². The number of hydrogen-bond acceptors (Lipinski definition) is 8. The van der Waals surface area contributed by atoms with Crippen LogP contribution in [0.5, 0.6) is 5.75 Å². The number of phenols is 1. The van der Waals surface area contributed by atoms with Gasteiger partial charge >= 0.3 is 0 Å². The van der Waals surface area contributed by atoms with Crippen LogP contribution < -0.4 is 0 Å². The average molecular weight is 517 g/mol. The summed E-state index contributed by atoms with van der Waals surface area (Å²) in [5.41, 5.74) is 0.638. The van der Waals surface area contributed by atoms with E-state index >= 15 is 0 Å². The predicted molar refractivity (Wildman–Crippen MR) is 130 cm³/mol. The fourth-order valence-corrected chi connectivity index (χ4v) is 5.78. The average Bonchev–Trinajstić information content (AvgIpc) is 3.14. The van der Waals surface area contributed by atoms with Crippen LogP contribution in [0.2, 0.25) is 0 Å². The minimum Gasteiger partial charge on any atom is -0.508 e. The van der Waals surface area contributed by atoms with Crippen LogP contribution in [-0.4, -0.2) is 86.1 Å². The number of aliphatic hydroxyl groups excluding tert-OH is 1. The van der Waals surface area contributed by atoms with Gasteiger partial charge in [0.2, 0.25) is 10.0 Å². The Kier molecular flexibility index (Phi) is 7.74. The first-order valence-corrected chi connectivity index (χ1v) is 12.9. The first-order chi connectivity index (χ1) is 17.3. The van der Waals surface area contributed by atoms with Gasteiger partial charge in [-0.3, -0.25) is 9.59 Å². The van der Waals surface area contributed by atoms with E-state index in [9.17, 15) is 28.2 Å². The zero-order valence-corrected chi connectivity index (χ0v) is 20.6. The number of Topliss-reactive ketones (excluding diaryl/α,β-unsaturated/α-hetero) is 1. The summed E-state index contributed by atoms with van der Waals surface area (Å²) in [5, 5.41) is 20.9. The topological polar surface area (TPSA) is 134 Å². The van der Waals surface area contributed by atoms with E-state index in [2.05, 4.69) is 0 Å². The van der Waals surface area contributed by atoms with Gasteiger partial charge in [0.15, 0.2) is 0 Å². The molecule has 192 valence electrons. The number of ether oxygens (including phenoxy) is 2. The van der Waals surface area contributed by atoms with Gasteiger partial charge in [-0.1, -0.05) is 12.1 Å². The molecule has 2 fully saturated rings. The summed E-state index contributed by atoms with van der Waals surface area (Å²) in [6.07, 6.45) is 0.478. The highest BCUT2D eigenvalue weighted by Gasteiger charge is 2.45. The molecule has 0 radical (unpaired) electrons. The van der Waals surface area contributed by atoms with E-state index in [1.807, 2.05) is 0 Å². The number of amides is 1. The fraction of sp³-hybridized carbons (Fsp3) is 0.360. The highest BCUT2D eigenvalue weighted by Crippen LogP contribution is 2.40. The van der Waals surface area contributed by atoms with E-state index in [-0.39, 0.29) is 41.4 Å². The van der Waals surface area contributed by atoms with Crippen molar-refractivity contribution in [3.8, 4) is 5.75 Å². The molecule has 1 amide bonds. The van der Waals surface area contributed by atoms with Crippen molar-refractivity contribution in [2.24, 2.45) is 0 Å². The monoisotopic (exact) mass is 516 g/mol. The van der Waals surface area contributed by atoms with Crippen molar-refractivity contribution in [2.75, 3.05) is 46.6 Å². The normalized spacial score (nSPS) is 20.7.